The number of likely N-dealkylation sites (tertiary alicyclic amines) is 1. The Morgan fingerprint density at radius 2 is 1.90 bits per heavy atom. The summed E-state index contributed by atoms with van der Waals surface area (Å²) in [7, 11) is 0. The summed E-state index contributed by atoms with van der Waals surface area (Å²) < 4.78 is 6.33. The van der Waals surface area contributed by atoms with Crippen molar-refractivity contribution in [1.29, 1.82) is 0 Å². The predicted octanol–water partition coefficient (Wildman–Crippen LogP) is 2.89. The van der Waals surface area contributed by atoms with Crippen LogP contribution in [0.2, 0.25) is 5.02 Å². The number of halogens is 1. The van der Waals surface area contributed by atoms with E-state index in [0.29, 0.717) is 35.8 Å². The summed E-state index contributed by atoms with van der Waals surface area (Å²) in [4.78, 5) is 30.1. The highest BCUT2D eigenvalue weighted by molar-refractivity contribution is 6.30. The Morgan fingerprint density at radius 3 is 2.57 bits per heavy atom. The molecule has 7 nitrogen and oxygen atoms in total. The summed E-state index contributed by atoms with van der Waals surface area (Å²) in [5, 5.41) is 13.2. The first-order valence-corrected chi connectivity index (χ1v) is 11.2. The van der Waals surface area contributed by atoms with Crippen molar-refractivity contribution >= 4 is 23.5 Å². The van der Waals surface area contributed by atoms with E-state index in [0.717, 1.165) is 38.8 Å². The van der Waals surface area contributed by atoms with Gasteiger partial charge >= 0.3 is 6.03 Å². The number of benzene rings is 1. The Labute approximate surface area is 182 Å². The fourth-order valence-corrected chi connectivity index (χ4v) is 5.10. The van der Waals surface area contributed by atoms with Gasteiger partial charge in [-0.25, -0.2) is 4.79 Å². The van der Waals surface area contributed by atoms with Gasteiger partial charge in [0.15, 0.2) is 5.54 Å². The number of aliphatic hydroxyl groups excluding tert-OH is 1. The van der Waals surface area contributed by atoms with Crippen molar-refractivity contribution in [3.63, 3.8) is 0 Å². The first-order valence-electron chi connectivity index (χ1n) is 10.9. The molecule has 3 aliphatic rings. The normalized spacial score (nSPS) is 26.6. The summed E-state index contributed by atoms with van der Waals surface area (Å²) in [5.74, 6) is 0.373. The van der Waals surface area contributed by atoms with E-state index < -0.39 is 11.1 Å². The number of rotatable bonds is 5. The van der Waals surface area contributed by atoms with Crippen LogP contribution in [0.4, 0.5) is 4.79 Å². The minimum absolute atomic E-state index is 0.234. The quantitative estimate of drug-likeness (QED) is 0.695. The van der Waals surface area contributed by atoms with Crippen LogP contribution < -0.4 is 10.1 Å². The Hall–Kier alpha value is -1.83. The fourth-order valence-electron chi connectivity index (χ4n) is 4.93. The zero-order valence-corrected chi connectivity index (χ0v) is 18.4. The summed E-state index contributed by atoms with van der Waals surface area (Å²) >= 11 is 6.25. The van der Waals surface area contributed by atoms with Crippen LogP contribution in [-0.2, 0) is 10.3 Å². The van der Waals surface area contributed by atoms with Gasteiger partial charge in [0, 0.05) is 43.2 Å². The summed E-state index contributed by atoms with van der Waals surface area (Å²) in [5.41, 5.74) is -1.04. The van der Waals surface area contributed by atoms with Crippen LogP contribution in [0.1, 0.15) is 51.5 Å². The molecule has 30 heavy (non-hydrogen) atoms. The Kier molecular flexibility index (Phi) is 5.72. The highest BCUT2D eigenvalue weighted by Crippen LogP contribution is 2.49. The number of carbonyl (C=O) groups is 2. The maximum atomic E-state index is 13.7. The van der Waals surface area contributed by atoms with Gasteiger partial charge in [0.2, 0.25) is 0 Å². The molecule has 8 heteroatoms. The van der Waals surface area contributed by atoms with Crippen molar-refractivity contribution in [3.8, 4) is 5.75 Å². The molecular formula is C22H30ClN3O4. The maximum Gasteiger partial charge on any atom is 0.325 e. The van der Waals surface area contributed by atoms with Gasteiger partial charge < -0.3 is 20.1 Å². The van der Waals surface area contributed by atoms with Gasteiger partial charge in [-0.05, 0) is 43.9 Å². The average Bonchev–Trinajstić information content (AvgIpc) is 2.97. The summed E-state index contributed by atoms with van der Waals surface area (Å²) in [6, 6.07) is 4.91. The molecule has 0 aliphatic carbocycles. The van der Waals surface area contributed by atoms with Gasteiger partial charge in [0.25, 0.3) is 5.91 Å². The minimum Gasteiger partial charge on any atom is -0.487 e. The lowest BCUT2D eigenvalue weighted by molar-refractivity contribution is -0.135. The average molecular weight is 436 g/mol. The zero-order valence-electron chi connectivity index (χ0n) is 17.6. The highest BCUT2D eigenvalue weighted by atomic mass is 35.5. The maximum absolute atomic E-state index is 13.7. The molecule has 1 aromatic carbocycles. The number of urea groups is 1. The minimum atomic E-state index is -1.15. The second kappa shape index (κ2) is 8.02. The predicted molar refractivity (Wildman–Crippen MR) is 114 cm³/mol. The molecule has 2 fully saturated rings. The number of ether oxygens (including phenoxy) is 1. The summed E-state index contributed by atoms with van der Waals surface area (Å²) in [6.07, 6.45) is 3.04. The molecular weight excluding hydrogens is 406 g/mol. The largest absolute Gasteiger partial charge is 0.487 e. The van der Waals surface area contributed by atoms with Gasteiger partial charge in [-0.2, -0.15) is 0 Å². The van der Waals surface area contributed by atoms with E-state index in [1.54, 1.807) is 18.2 Å². The lowest BCUT2D eigenvalue weighted by Gasteiger charge is -2.45. The van der Waals surface area contributed by atoms with Gasteiger partial charge in [-0.3, -0.25) is 9.69 Å². The third-order valence-electron chi connectivity index (χ3n) is 6.98. The molecule has 0 bridgehead atoms. The highest BCUT2D eigenvalue weighted by Gasteiger charge is 2.59. The molecule has 2 saturated heterocycles. The van der Waals surface area contributed by atoms with Gasteiger partial charge in [0.1, 0.15) is 11.4 Å². The molecule has 0 radical (unpaired) electrons. The molecule has 3 heterocycles. The van der Waals surface area contributed by atoms with E-state index in [1.165, 1.54) is 4.90 Å². The second-order valence-electron chi connectivity index (χ2n) is 8.67. The van der Waals surface area contributed by atoms with Gasteiger partial charge in [-0.15, -0.1) is 0 Å². The number of fused-ring (bicyclic) bond motifs is 2. The monoisotopic (exact) mass is 435 g/mol. The smallest absolute Gasteiger partial charge is 0.325 e. The molecule has 2 N–H and O–H groups in total. The molecule has 1 spiro atoms. The number of imide groups is 1. The molecule has 1 aromatic rings. The zero-order chi connectivity index (χ0) is 21.5. The van der Waals surface area contributed by atoms with Crippen molar-refractivity contribution in [2.24, 2.45) is 0 Å². The molecule has 1 unspecified atom stereocenters. The Morgan fingerprint density at radius 1 is 1.20 bits per heavy atom. The SMILES string of the molecule is CCC1(CC)CC2(NC(=O)N(CCN3CCC(O)CC3)C2=O)c2cc(Cl)ccc2O1. The molecule has 0 saturated carbocycles. The number of nitrogens with zero attached hydrogens (tertiary/aromatic N) is 2. The van der Waals surface area contributed by atoms with Crippen LogP contribution in [0.3, 0.4) is 0 Å². The van der Waals surface area contributed by atoms with E-state index in [2.05, 4.69) is 10.2 Å². The summed E-state index contributed by atoms with van der Waals surface area (Å²) in [6.45, 7) is 6.57. The Bertz CT molecular complexity index is 836. The number of aliphatic hydroxyl groups is 1. The van der Waals surface area contributed by atoms with Crippen LogP contribution in [0.25, 0.3) is 0 Å². The number of amides is 3. The van der Waals surface area contributed by atoms with Crippen molar-refractivity contribution in [3.05, 3.63) is 28.8 Å². The van der Waals surface area contributed by atoms with E-state index in [-0.39, 0.29) is 18.0 Å². The van der Waals surface area contributed by atoms with Gasteiger partial charge in [0.05, 0.1) is 6.10 Å². The molecule has 164 valence electrons. The number of piperidine rings is 1. The van der Waals surface area contributed by atoms with E-state index in [1.807, 2.05) is 13.8 Å². The molecule has 3 aliphatic heterocycles. The van der Waals surface area contributed by atoms with Gasteiger partial charge in [-0.1, -0.05) is 25.4 Å². The Balaban J connectivity index is 1.62. The number of carbonyl (C=O) groups excluding carboxylic acids is 2. The van der Waals surface area contributed by atoms with Crippen LogP contribution in [-0.4, -0.2) is 64.7 Å². The third kappa shape index (κ3) is 3.57. The van der Waals surface area contributed by atoms with Crippen LogP contribution in [0.15, 0.2) is 18.2 Å². The number of nitrogens with one attached hydrogen (secondary N) is 1. The topological polar surface area (TPSA) is 82.1 Å². The van der Waals surface area contributed by atoms with Crippen LogP contribution in [0.5, 0.6) is 5.75 Å². The van der Waals surface area contributed by atoms with Crippen molar-refractivity contribution in [1.82, 2.24) is 15.1 Å². The van der Waals surface area contributed by atoms with Crippen molar-refractivity contribution in [2.45, 2.75) is 63.2 Å². The van der Waals surface area contributed by atoms with Crippen LogP contribution in [0, 0.1) is 0 Å². The van der Waals surface area contributed by atoms with E-state index >= 15 is 0 Å². The van der Waals surface area contributed by atoms with E-state index in [9.17, 15) is 14.7 Å². The molecule has 1 atom stereocenters. The molecule has 0 aromatic heterocycles. The number of hydrogen-bond donors (Lipinski definition) is 2. The van der Waals surface area contributed by atoms with Crippen LogP contribution >= 0.6 is 11.6 Å². The third-order valence-corrected chi connectivity index (χ3v) is 7.21. The second-order valence-corrected chi connectivity index (χ2v) is 9.11. The fraction of sp³-hybridized carbons (Fsp3) is 0.636. The van der Waals surface area contributed by atoms with Crippen molar-refractivity contribution in [2.75, 3.05) is 26.2 Å². The molecule has 3 amide bonds. The van der Waals surface area contributed by atoms with Crippen molar-refractivity contribution < 1.29 is 19.4 Å². The van der Waals surface area contributed by atoms with E-state index in [4.69, 9.17) is 16.3 Å². The first-order chi connectivity index (χ1) is 14.3. The number of hydrogen-bond acceptors (Lipinski definition) is 5. The lowest BCUT2D eigenvalue weighted by atomic mass is 9.74. The standard InChI is InChI=1S/C22H30ClN3O4/c1-3-21(4-2)14-22(17-13-15(23)5-6-18(17)30-21)19(28)26(20(29)24-22)12-11-25-9-7-16(27)8-10-25/h5-6,13,16,27H,3-4,7-12,14H2,1-2H3,(H,24,29). The first kappa shape index (κ1) is 21.4. The lowest BCUT2D eigenvalue weighted by Crippen LogP contribution is -2.55. The molecule has 4 rings (SSSR count).